The maximum atomic E-state index is 14.1. The molecule has 0 saturated carbocycles. The molecule has 0 aromatic rings. The first-order valence-corrected chi connectivity index (χ1v) is 31.1. The van der Waals surface area contributed by atoms with E-state index >= 15 is 0 Å². The number of Topliss-reactive ketones (excluding diaryl/α,β-unsaturated/α-hetero) is 2. The number of nitrogens with two attached hydrogens (primary N) is 2. The summed E-state index contributed by atoms with van der Waals surface area (Å²) in [6.07, 6.45) is 11.9. The summed E-state index contributed by atoms with van der Waals surface area (Å²) in [5.41, 5.74) is 16.3. The Labute approximate surface area is 508 Å². The van der Waals surface area contributed by atoms with Crippen molar-refractivity contribution in [2.45, 2.75) is 236 Å². The molecule has 86 heavy (non-hydrogen) atoms. The third-order valence-corrected chi connectivity index (χ3v) is 14.4. The van der Waals surface area contributed by atoms with Crippen molar-refractivity contribution < 1.29 is 87.9 Å². The van der Waals surface area contributed by atoms with Gasteiger partial charge in [0.15, 0.2) is 0 Å². The van der Waals surface area contributed by atoms with Crippen LogP contribution in [0, 0.1) is 5.92 Å². The lowest BCUT2D eigenvalue weighted by Gasteiger charge is -2.29. The maximum absolute atomic E-state index is 14.1. The van der Waals surface area contributed by atoms with Gasteiger partial charge in [-0.25, -0.2) is 15.6 Å². The molecule has 29 heteroatoms. The average molecular weight is 1240 g/mol. The molecule has 0 fully saturated rings. The van der Waals surface area contributed by atoms with E-state index in [-0.39, 0.29) is 55.7 Å². The number of aliphatic carboxylic acids is 4. The van der Waals surface area contributed by atoms with Gasteiger partial charge in [-0.05, 0) is 88.6 Å². The molecule has 0 aromatic heterocycles. The topological polar surface area (TPSA) is 471 Å². The monoisotopic (exact) mass is 1240 g/mol. The number of carboxylic acid groups (broad SMARTS) is 4. The Bertz CT molecular complexity index is 2170. The van der Waals surface area contributed by atoms with Crippen LogP contribution < -0.4 is 54.2 Å². The van der Waals surface area contributed by atoms with Crippen molar-refractivity contribution in [2.24, 2.45) is 17.4 Å². The molecule has 0 radical (unpaired) electrons. The first kappa shape index (κ1) is 79.4. The minimum absolute atomic E-state index is 0.00107. The van der Waals surface area contributed by atoms with Crippen LogP contribution in [0.15, 0.2) is 12.3 Å². The van der Waals surface area contributed by atoms with Crippen LogP contribution in [0.5, 0.6) is 0 Å². The molecular formula is C57H98N10O18S. The van der Waals surface area contributed by atoms with E-state index < -0.39 is 153 Å². The van der Waals surface area contributed by atoms with Crippen molar-refractivity contribution in [3.05, 3.63) is 12.3 Å². The Hall–Kier alpha value is -6.56. The lowest BCUT2D eigenvalue weighted by Crippen LogP contribution is -2.57. The fraction of sp³-hybridized carbons (Fsp3) is 0.737. The normalized spacial score (nSPS) is 13.9. The van der Waals surface area contributed by atoms with E-state index in [1.54, 1.807) is 6.26 Å². The fourth-order valence-electron chi connectivity index (χ4n) is 8.79. The number of amides is 6. The van der Waals surface area contributed by atoms with E-state index in [0.717, 1.165) is 70.6 Å². The van der Waals surface area contributed by atoms with Crippen molar-refractivity contribution in [2.75, 3.05) is 25.2 Å². The highest BCUT2D eigenvalue weighted by atomic mass is 32.2. The molecule has 8 atom stereocenters. The number of carbonyl (C=O) groups excluding carboxylic acids is 9. The average Bonchev–Trinajstić information content (AvgIpc) is 3.57. The molecule has 490 valence electrons. The van der Waals surface area contributed by atoms with Crippen molar-refractivity contribution in [1.29, 1.82) is 0 Å². The van der Waals surface area contributed by atoms with E-state index in [4.69, 9.17) is 16.6 Å². The molecule has 0 aliphatic heterocycles. The Balaban J connectivity index is 5.63. The van der Waals surface area contributed by atoms with Gasteiger partial charge in [0.1, 0.15) is 24.4 Å². The minimum atomic E-state index is -1.63. The Kier molecular flexibility index (Phi) is 43.9. The Morgan fingerprint density at radius 2 is 0.965 bits per heavy atom. The van der Waals surface area contributed by atoms with Gasteiger partial charge in [-0.1, -0.05) is 84.6 Å². The highest BCUT2D eigenvalue weighted by Crippen LogP contribution is 2.16. The quantitative estimate of drug-likeness (QED) is 0.0177. The fourth-order valence-corrected chi connectivity index (χ4v) is 9.26. The molecule has 0 heterocycles. The number of thioether (sulfide) groups is 1. The summed E-state index contributed by atoms with van der Waals surface area (Å²) in [5, 5.41) is 62.4. The first-order valence-electron chi connectivity index (χ1n) is 29.7. The van der Waals surface area contributed by atoms with Gasteiger partial charge in [-0.2, -0.15) is 11.8 Å². The van der Waals surface area contributed by atoms with E-state index in [2.05, 4.69) is 49.3 Å². The van der Waals surface area contributed by atoms with Crippen LogP contribution >= 0.6 is 11.8 Å². The van der Waals surface area contributed by atoms with Gasteiger partial charge in [0.2, 0.25) is 47.0 Å². The predicted octanol–water partition coefficient (Wildman–Crippen LogP) is 1.38. The van der Waals surface area contributed by atoms with E-state index in [1.807, 2.05) is 13.8 Å². The lowest BCUT2D eigenvalue weighted by molar-refractivity contribution is -0.142. The van der Waals surface area contributed by atoms with E-state index in [1.165, 1.54) is 11.8 Å². The second kappa shape index (κ2) is 47.6. The summed E-state index contributed by atoms with van der Waals surface area (Å²) < 4.78 is 0. The van der Waals surface area contributed by atoms with Gasteiger partial charge in [0, 0.05) is 50.8 Å². The van der Waals surface area contributed by atoms with Crippen molar-refractivity contribution in [3.8, 4) is 0 Å². The first-order chi connectivity index (χ1) is 40.8. The van der Waals surface area contributed by atoms with Crippen LogP contribution in [0.1, 0.15) is 187 Å². The molecule has 0 aromatic carbocycles. The Morgan fingerprint density at radius 3 is 1.43 bits per heavy atom. The smallest absolute Gasteiger partial charge is 0.326 e. The number of aliphatic hydroxyl groups is 1. The van der Waals surface area contributed by atoms with Gasteiger partial charge < -0.3 is 73.7 Å². The van der Waals surface area contributed by atoms with Crippen LogP contribution in [0.4, 0.5) is 0 Å². The van der Waals surface area contributed by atoms with E-state index in [0.29, 0.717) is 50.6 Å². The molecule has 6 amide bonds. The molecule has 0 aliphatic carbocycles. The number of nitrogens with one attached hydrogen (secondary N) is 8. The number of aldehydes is 1. The van der Waals surface area contributed by atoms with Gasteiger partial charge in [0.05, 0.1) is 36.8 Å². The second-order valence-electron chi connectivity index (χ2n) is 21.8. The molecule has 0 aliphatic rings. The van der Waals surface area contributed by atoms with Crippen LogP contribution in [-0.4, -0.2) is 176 Å². The molecular weight excluding hydrogens is 1140 g/mol. The van der Waals surface area contributed by atoms with Crippen LogP contribution in [-0.2, 0) is 62.3 Å². The SMILES string of the molecule is C=C(N[C@@H](CCC(N)=O)C(=O)C(=O)C(CCCCNC(=O)CCCCCCCCCCCCCCC(=O)NC(CC(C)C)C(=O)O)NN[C@H](C=O)CO)[C@H](CCSC)NC(=O)[C@H](CCC(=O)O)NC(=O)[C@H](CCC(=O)O)NC(=O)[C@@H](N)CCC(=O)O. The molecule has 17 N–H and O–H groups in total. The molecule has 0 bridgehead atoms. The number of ketones is 2. The highest BCUT2D eigenvalue weighted by Gasteiger charge is 2.35. The van der Waals surface area contributed by atoms with Crippen molar-refractivity contribution in [1.82, 2.24) is 42.8 Å². The standard InChI is InChI=1S/C57H98N10O18S/c1-36(2)33-45(57(84)85)62-48(72)21-16-14-12-10-8-6-5-7-9-11-13-15-20-47(71)60-31-18-17-19-42(67-66-38(34-68)35-69)53(80)52(79)41(23-26-46(59)70)61-37(3)40(30-32-86-4)63-55(82)44(25-29-51(77)78)65-56(83)43(24-28-50(75)76)64-54(81)39(58)22-27-49(73)74/h34,36,38-45,61,66-67,69H,3,5-33,35,58H2,1-2,4H3,(H2,59,70)(H,60,71)(H,62,72)(H,63,82)(H,64,81)(H,65,83)(H,73,74)(H,75,76)(H,77,78)(H,84,85)/t38-,39+,40+,41+,42?,43+,44+,45?/m1/s1. The summed E-state index contributed by atoms with van der Waals surface area (Å²) >= 11 is 1.34. The zero-order valence-corrected chi connectivity index (χ0v) is 51.1. The summed E-state index contributed by atoms with van der Waals surface area (Å²) in [7, 11) is 0. The molecule has 0 rings (SSSR count). The number of carboxylic acids is 4. The van der Waals surface area contributed by atoms with Crippen LogP contribution in [0.3, 0.4) is 0 Å². The molecule has 0 spiro atoms. The summed E-state index contributed by atoms with van der Waals surface area (Å²) in [6.45, 7) is 7.42. The maximum Gasteiger partial charge on any atom is 0.326 e. The Morgan fingerprint density at radius 1 is 0.500 bits per heavy atom. The van der Waals surface area contributed by atoms with Gasteiger partial charge in [0.25, 0.3) is 0 Å². The van der Waals surface area contributed by atoms with Gasteiger partial charge in [-0.3, -0.25) is 52.7 Å². The summed E-state index contributed by atoms with van der Waals surface area (Å²) in [4.78, 5) is 163. The highest BCUT2D eigenvalue weighted by molar-refractivity contribution is 7.98. The number of carbonyl (C=O) groups is 13. The largest absolute Gasteiger partial charge is 0.481 e. The van der Waals surface area contributed by atoms with Gasteiger partial charge >= 0.3 is 23.9 Å². The number of unbranched alkanes of at least 4 members (excludes halogenated alkanes) is 12. The zero-order valence-electron chi connectivity index (χ0n) is 50.3. The number of primary amides is 1. The van der Waals surface area contributed by atoms with Crippen LogP contribution in [0.25, 0.3) is 0 Å². The minimum Gasteiger partial charge on any atom is -0.481 e. The number of hydrazine groups is 1. The van der Waals surface area contributed by atoms with Crippen LogP contribution in [0.2, 0.25) is 0 Å². The third kappa shape index (κ3) is 39.2. The van der Waals surface area contributed by atoms with Crippen molar-refractivity contribution in [3.63, 3.8) is 0 Å². The molecule has 0 saturated heterocycles. The number of hydrogen-bond donors (Lipinski definition) is 15. The third-order valence-electron chi connectivity index (χ3n) is 13.8. The number of rotatable bonds is 56. The lowest BCUT2D eigenvalue weighted by atomic mass is 9.95. The summed E-state index contributed by atoms with van der Waals surface area (Å²) in [6, 6.07) is -10.6. The predicted molar refractivity (Wildman–Crippen MR) is 319 cm³/mol. The van der Waals surface area contributed by atoms with Gasteiger partial charge in [-0.15, -0.1) is 0 Å². The molecule has 28 nitrogen and oxygen atoms in total. The summed E-state index contributed by atoms with van der Waals surface area (Å²) in [5.74, 6) is -10.8. The van der Waals surface area contributed by atoms with E-state index in [9.17, 15) is 82.8 Å². The number of hydrogen-bond acceptors (Lipinski definition) is 19. The second-order valence-corrected chi connectivity index (χ2v) is 22.8. The molecule has 2 unspecified atom stereocenters. The van der Waals surface area contributed by atoms with Crippen molar-refractivity contribution >= 4 is 88.9 Å². The zero-order chi connectivity index (χ0) is 65.0. The number of aliphatic hydroxyl groups excluding tert-OH is 1.